The lowest BCUT2D eigenvalue weighted by Crippen LogP contribution is -2.45. The van der Waals surface area contributed by atoms with Gasteiger partial charge in [0.15, 0.2) is 5.78 Å². The first-order valence-electron chi connectivity index (χ1n) is 6.26. The molecule has 0 aromatic heterocycles. The molecule has 4 heteroatoms. The summed E-state index contributed by atoms with van der Waals surface area (Å²) in [5.41, 5.74) is 1.41. The van der Waals surface area contributed by atoms with Gasteiger partial charge in [0.25, 0.3) is 0 Å². The smallest absolute Gasteiger partial charge is 0.227 e. The van der Waals surface area contributed by atoms with Crippen molar-refractivity contribution >= 4 is 17.5 Å². The lowest BCUT2D eigenvalue weighted by atomic mass is 9.75. The Balaban J connectivity index is 2.23. The van der Waals surface area contributed by atoms with Crippen molar-refractivity contribution in [2.24, 2.45) is 11.8 Å². The molecule has 4 nitrogen and oxygen atoms in total. The summed E-state index contributed by atoms with van der Waals surface area (Å²) in [4.78, 5) is 36.7. The van der Waals surface area contributed by atoms with E-state index in [0.29, 0.717) is 16.7 Å². The van der Waals surface area contributed by atoms with Crippen molar-refractivity contribution in [2.45, 2.75) is 13.8 Å². The van der Waals surface area contributed by atoms with E-state index in [9.17, 15) is 14.4 Å². The van der Waals surface area contributed by atoms with E-state index in [1.54, 1.807) is 31.2 Å². The van der Waals surface area contributed by atoms with Crippen LogP contribution in [0.25, 0.3) is 0 Å². The van der Waals surface area contributed by atoms with Gasteiger partial charge in [-0.25, -0.2) is 0 Å². The molecule has 1 N–H and O–H groups in total. The van der Waals surface area contributed by atoms with Gasteiger partial charge in [0.2, 0.25) is 11.7 Å². The highest BCUT2D eigenvalue weighted by molar-refractivity contribution is 6.28. The van der Waals surface area contributed by atoms with Crippen LogP contribution in [-0.4, -0.2) is 17.5 Å². The molecule has 1 aliphatic carbocycles. The van der Waals surface area contributed by atoms with Crippen molar-refractivity contribution in [3.63, 3.8) is 0 Å². The number of hydrogen-bond donors (Lipinski definition) is 1. The van der Waals surface area contributed by atoms with Crippen LogP contribution < -0.4 is 5.32 Å². The zero-order valence-electron chi connectivity index (χ0n) is 10.7. The van der Waals surface area contributed by atoms with Gasteiger partial charge in [-0.2, -0.15) is 0 Å². The maximum Gasteiger partial charge on any atom is 0.227 e. The second-order valence-corrected chi connectivity index (χ2v) is 5.06. The average Bonchev–Trinajstić information content (AvgIpc) is 2.42. The van der Waals surface area contributed by atoms with E-state index in [0.717, 1.165) is 0 Å². The molecule has 0 spiro atoms. The summed E-state index contributed by atoms with van der Waals surface area (Å²) in [5.74, 6) is -1.16. The van der Waals surface area contributed by atoms with Gasteiger partial charge >= 0.3 is 0 Å². The summed E-state index contributed by atoms with van der Waals surface area (Å²) < 4.78 is 0. The maximum atomic E-state index is 12.5. The molecule has 1 aromatic rings. The Bertz CT molecular complexity index is 657. The molecule has 1 aliphatic heterocycles. The van der Waals surface area contributed by atoms with E-state index in [4.69, 9.17) is 0 Å². The average molecular weight is 255 g/mol. The number of nitrogens with one attached hydrogen (secondary N) is 1. The molecular weight excluding hydrogens is 242 g/mol. The second kappa shape index (κ2) is 3.88. The van der Waals surface area contributed by atoms with Crippen LogP contribution in [0.4, 0.5) is 0 Å². The number of ketones is 2. The monoisotopic (exact) mass is 255 g/mol. The number of rotatable bonds is 0. The largest absolute Gasteiger partial charge is 0.322 e. The van der Waals surface area contributed by atoms with Gasteiger partial charge in [-0.1, -0.05) is 38.1 Å². The minimum atomic E-state index is -0.305. The van der Waals surface area contributed by atoms with Gasteiger partial charge in [-0.15, -0.1) is 0 Å². The molecule has 0 unspecified atom stereocenters. The standard InChI is InChI=1S/C15H13NO3/c1-7-8(2)15(19)16-12-11(7)13(17)9-5-3-4-6-10(9)14(12)18/h3-8H,1-2H3,(H,16,19)/t7-,8+/m0/s1. The van der Waals surface area contributed by atoms with Crippen molar-refractivity contribution in [1.29, 1.82) is 0 Å². The Morgan fingerprint density at radius 3 is 2.11 bits per heavy atom. The minimum absolute atomic E-state index is 0.149. The highest BCUT2D eigenvalue weighted by atomic mass is 16.2. The van der Waals surface area contributed by atoms with Crippen LogP contribution in [0.2, 0.25) is 0 Å². The third kappa shape index (κ3) is 1.49. The molecule has 1 heterocycles. The van der Waals surface area contributed by atoms with Crippen molar-refractivity contribution < 1.29 is 14.4 Å². The Morgan fingerprint density at radius 2 is 1.47 bits per heavy atom. The molecule has 1 aromatic carbocycles. The van der Waals surface area contributed by atoms with E-state index in [-0.39, 0.29) is 35.0 Å². The highest BCUT2D eigenvalue weighted by Gasteiger charge is 2.41. The molecule has 96 valence electrons. The van der Waals surface area contributed by atoms with Crippen molar-refractivity contribution in [3.05, 3.63) is 46.7 Å². The first-order chi connectivity index (χ1) is 9.02. The number of Topliss-reactive ketones (excluding diaryl/α,β-unsaturated/α-hetero) is 2. The highest BCUT2D eigenvalue weighted by Crippen LogP contribution is 2.35. The summed E-state index contributed by atoms with van der Waals surface area (Å²) >= 11 is 0. The molecule has 0 saturated heterocycles. The predicted octanol–water partition coefficient (Wildman–Crippen LogP) is 1.72. The molecule has 3 rings (SSSR count). The van der Waals surface area contributed by atoms with Gasteiger partial charge in [0.05, 0.1) is 5.70 Å². The third-order valence-electron chi connectivity index (χ3n) is 4.02. The van der Waals surface area contributed by atoms with Gasteiger partial charge in [0, 0.05) is 22.6 Å². The van der Waals surface area contributed by atoms with Crippen LogP contribution in [0.3, 0.4) is 0 Å². The molecule has 0 saturated carbocycles. The summed E-state index contributed by atoms with van der Waals surface area (Å²) in [5, 5.41) is 2.59. The molecule has 1 amide bonds. The number of benzene rings is 1. The molecule has 0 bridgehead atoms. The molecule has 0 radical (unpaired) electrons. The van der Waals surface area contributed by atoms with Gasteiger partial charge in [-0.05, 0) is 5.92 Å². The SMILES string of the molecule is C[C@@H]1C2=C(NC(=O)[C@@H]1C)C(=O)c1ccccc1C2=O. The van der Waals surface area contributed by atoms with Crippen LogP contribution in [0.1, 0.15) is 34.6 Å². The zero-order chi connectivity index (χ0) is 13.7. The van der Waals surface area contributed by atoms with E-state index in [1.165, 1.54) is 0 Å². The minimum Gasteiger partial charge on any atom is -0.322 e. The summed E-state index contributed by atoms with van der Waals surface area (Å²) in [6.45, 7) is 3.58. The van der Waals surface area contributed by atoms with Crippen LogP contribution in [-0.2, 0) is 4.79 Å². The number of hydrogen-bond acceptors (Lipinski definition) is 3. The Morgan fingerprint density at radius 1 is 0.895 bits per heavy atom. The van der Waals surface area contributed by atoms with Crippen LogP contribution >= 0.6 is 0 Å². The number of carbonyl (C=O) groups is 3. The Labute approximate surface area is 110 Å². The summed E-state index contributed by atoms with van der Waals surface area (Å²) in [6.07, 6.45) is 0. The summed E-state index contributed by atoms with van der Waals surface area (Å²) in [7, 11) is 0. The predicted molar refractivity (Wildman–Crippen MR) is 68.6 cm³/mol. The van der Waals surface area contributed by atoms with E-state index < -0.39 is 0 Å². The lowest BCUT2D eigenvalue weighted by Gasteiger charge is -2.32. The third-order valence-corrected chi connectivity index (χ3v) is 4.02. The molecule has 2 atom stereocenters. The fraction of sp³-hybridized carbons (Fsp3) is 0.267. The number of fused-ring (bicyclic) bond motifs is 1. The van der Waals surface area contributed by atoms with E-state index in [1.807, 2.05) is 6.92 Å². The molecular formula is C15H13NO3. The Hall–Kier alpha value is -2.23. The lowest BCUT2D eigenvalue weighted by molar-refractivity contribution is -0.125. The number of carbonyl (C=O) groups excluding carboxylic acids is 3. The molecule has 0 fully saturated rings. The van der Waals surface area contributed by atoms with Crippen LogP contribution in [0.15, 0.2) is 35.5 Å². The van der Waals surface area contributed by atoms with Crippen molar-refractivity contribution in [3.8, 4) is 0 Å². The molecule has 19 heavy (non-hydrogen) atoms. The first-order valence-corrected chi connectivity index (χ1v) is 6.26. The normalized spacial score (nSPS) is 25.9. The zero-order valence-corrected chi connectivity index (χ0v) is 10.7. The quantitative estimate of drug-likeness (QED) is 0.767. The number of amides is 1. The van der Waals surface area contributed by atoms with Crippen LogP contribution in [0.5, 0.6) is 0 Å². The number of allylic oxidation sites excluding steroid dienone is 2. The fourth-order valence-electron chi connectivity index (χ4n) is 2.67. The topological polar surface area (TPSA) is 63.2 Å². The van der Waals surface area contributed by atoms with E-state index in [2.05, 4.69) is 5.32 Å². The van der Waals surface area contributed by atoms with Gasteiger partial charge < -0.3 is 5.32 Å². The Kier molecular flexibility index (Phi) is 2.42. The molecule has 2 aliphatic rings. The summed E-state index contributed by atoms with van der Waals surface area (Å²) in [6, 6.07) is 6.73. The van der Waals surface area contributed by atoms with Gasteiger partial charge in [-0.3, -0.25) is 14.4 Å². The first kappa shape index (κ1) is 11.8. The van der Waals surface area contributed by atoms with Gasteiger partial charge in [0.1, 0.15) is 0 Å². The fourth-order valence-corrected chi connectivity index (χ4v) is 2.67. The van der Waals surface area contributed by atoms with Crippen LogP contribution in [0, 0.1) is 11.8 Å². The van der Waals surface area contributed by atoms with E-state index >= 15 is 0 Å². The van der Waals surface area contributed by atoms with Crippen molar-refractivity contribution in [1.82, 2.24) is 5.32 Å². The van der Waals surface area contributed by atoms with Crippen molar-refractivity contribution in [2.75, 3.05) is 0 Å². The second-order valence-electron chi connectivity index (χ2n) is 5.06. The maximum absolute atomic E-state index is 12.5.